The van der Waals surface area contributed by atoms with E-state index in [1.807, 2.05) is 34.6 Å². The molecule has 0 aromatic carbocycles. The summed E-state index contributed by atoms with van der Waals surface area (Å²) in [4.78, 5) is 25.7. The maximum absolute atomic E-state index is 12.3. The Bertz CT molecular complexity index is 483. The van der Waals surface area contributed by atoms with E-state index in [2.05, 4.69) is 0 Å². The lowest BCUT2D eigenvalue weighted by molar-refractivity contribution is -0.195. The number of ether oxygens (including phenoxy) is 4. The minimum absolute atomic E-state index is 0.328. The molecule has 132 valence electrons. The molecule has 7 nitrogen and oxygen atoms in total. The summed E-state index contributed by atoms with van der Waals surface area (Å²) in [6, 6.07) is 0. The number of amides is 1. The number of hydrogen-bond donors (Lipinski definition) is 0. The molecular weight excluding hydrogens is 302 g/mol. The van der Waals surface area contributed by atoms with Gasteiger partial charge in [0.1, 0.15) is 12.3 Å². The topological polar surface area (TPSA) is 74.3 Å². The number of carbonyl (C=O) groups is 2. The van der Waals surface area contributed by atoms with Crippen molar-refractivity contribution in [2.75, 3.05) is 14.2 Å². The van der Waals surface area contributed by atoms with Gasteiger partial charge in [0.2, 0.25) is 0 Å². The molecule has 1 amide bonds. The molecule has 0 bridgehead atoms. The van der Waals surface area contributed by atoms with Crippen LogP contribution in [0.15, 0.2) is 0 Å². The average molecular weight is 329 g/mol. The lowest BCUT2D eigenvalue weighted by Crippen LogP contribution is -2.56. The minimum atomic E-state index is -0.731. The molecule has 0 aliphatic carbocycles. The zero-order valence-corrected chi connectivity index (χ0v) is 14.9. The van der Waals surface area contributed by atoms with Crippen molar-refractivity contribution in [1.82, 2.24) is 4.90 Å². The van der Waals surface area contributed by atoms with Crippen LogP contribution < -0.4 is 0 Å². The molecule has 4 atom stereocenters. The van der Waals surface area contributed by atoms with Gasteiger partial charge in [0.25, 0.3) is 0 Å². The van der Waals surface area contributed by atoms with Crippen LogP contribution in [0.25, 0.3) is 0 Å². The van der Waals surface area contributed by atoms with Gasteiger partial charge in [-0.1, -0.05) is 34.6 Å². The largest absolute Gasteiger partial charge is 0.467 e. The predicted octanol–water partition coefficient (Wildman–Crippen LogP) is 2.14. The lowest BCUT2D eigenvalue weighted by Gasteiger charge is -2.42. The number of esters is 1. The molecule has 2 aliphatic heterocycles. The van der Waals surface area contributed by atoms with E-state index in [0.717, 1.165) is 0 Å². The van der Waals surface area contributed by atoms with Crippen molar-refractivity contribution in [2.24, 2.45) is 10.8 Å². The second-order valence-corrected chi connectivity index (χ2v) is 7.88. The highest BCUT2D eigenvalue weighted by atomic mass is 16.6. The maximum atomic E-state index is 12.3. The number of hydrogen-bond acceptors (Lipinski definition) is 6. The molecule has 0 N–H and O–H groups in total. The molecule has 0 aromatic heterocycles. The van der Waals surface area contributed by atoms with Crippen LogP contribution >= 0.6 is 0 Å². The van der Waals surface area contributed by atoms with Gasteiger partial charge in [-0.3, -0.25) is 4.90 Å². The first-order chi connectivity index (χ1) is 10.5. The number of nitrogens with zero attached hydrogens (tertiary/aromatic N) is 1. The van der Waals surface area contributed by atoms with Gasteiger partial charge in [0.15, 0.2) is 12.3 Å². The van der Waals surface area contributed by atoms with Gasteiger partial charge >= 0.3 is 12.1 Å². The first-order valence-electron chi connectivity index (χ1n) is 7.78. The summed E-state index contributed by atoms with van der Waals surface area (Å²) >= 11 is 0. The number of carbonyl (C=O) groups excluding carboxylic acids is 2. The van der Waals surface area contributed by atoms with Crippen LogP contribution in [0, 0.1) is 10.8 Å². The van der Waals surface area contributed by atoms with Crippen molar-refractivity contribution < 1.29 is 28.5 Å². The first kappa shape index (κ1) is 18.0. The van der Waals surface area contributed by atoms with E-state index < -0.39 is 30.6 Å². The molecule has 2 rings (SSSR count). The predicted molar refractivity (Wildman–Crippen MR) is 81.4 cm³/mol. The van der Waals surface area contributed by atoms with Gasteiger partial charge in [-0.2, -0.15) is 0 Å². The molecule has 2 fully saturated rings. The van der Waals surface area contributed by atoms with Crippen molar-refractivity contribution in [2.45, 2.75) is 65.7 Å². The first-order valence-corrected chi connectivity index (χ1v) is 7.78. The summed E-state index contributed by atoms with van der Waals surface area (Å²) < 4.78 is 21.8. The van der Waals surface area contributed by atoms with Crippen molar-refractivity contribution in [3.63, 3.8) is 0 Å². The maximum Gasteiger partial charge on any atom is 0.413 e. The summed E-state index contributed by atoms with van der Waals surface area (Å²) in [6.45, 7) is 9.95. The third-order valence-corrected chi connectivity index (χ3v) is 4.44. The van der Waals surface area contributed by atoms with E-state index in [-0.39, 0.29) is 16.9 Å². The Balaban J connectivity index is 2.39. The second-order valence-electron chi connectivity index (χ2n) is 7.88. The van der Waals surface area contributed by atoms with Gasteiger partial charge in [-0.25, -0.2) is 9.59 Å². The number of fused-ring (bicyclic) bond motifs is 1. The molecular formula is C16H27NO6. The second kappa shape index (κ2) is 5.94. The molecule has 0 spiro atoms. The Morgan fingerprint density at radius 2 is 1.74 bits per heavy atom. The highest BCUT2D eigenvalue weighted by Crippen LogP contribution is 2.47. The quantitative estimate of drug-likeness (QED) is 0.686. The van der Waals surface area contributed by atoms with Gasteiger partial charge < -0.3 is 18.9 Å². The zero-order valence-electron chi connectivity index (χ0n) is 14.9. The lowest BCUT2D eigenvalue weighted by atomic mass is 9.78. The van der Waals surface area contributed by atoms with Gasteiger partial charge in [0, 0.05) is 5.41 Å². The van der Waals surface area contributed by atoms with Crippen molar-refractivity contribution >= 4 is 12.1 Å². The summed E-state index contributed by atoms with van der Waals surface area (Å²) in [6.07, 6.45) is -2.32. The van der Waals surface area contributed by atoms with Gasteiger partial charge in [0.05, 0.1) is 14.2 Å². The summed E-state index contributed by atoms with van der Waals surface area (Å²) in [5.41, 5.74) is -0.681. The molecule has 0 saturated carbocycles. The molecule has 2 heterocycles. The van der Waals surface area contributed by atoms with E-state index in [1.165, 1.54) is 19.1 Å². The standard InChI is InChI=1S/C16H27NO6/c1-15(2,3)13-17(14(19)21-7)11-10(23-13)16(4,5)8-9(22-11)12(18)20-6/h9-11,13H,8H2,1-7H3. The van der Waals surface area contributed by atoms with Crippen LogP contribution in [-0.2, 0) is 23.7 Å². The summed E-state index contributed by atoms with van der Waals surface area (Å²) in [5.74, 6) is -0.444. The Hall–Kier alpha value is -1.34. The minimum Gasteiger partial charge on any atom is -0.467 e. The molecule has 0 radical (unpaired) electrons. The summed E-state index contributed by atoms with van der Waals surface area (Å²) in [5, 5.41) is 0. The Morgan fingerprint density at radius 1 is 1.13 bits per heavy atom. The highest BCUT2D eigenvalue weighted by molar-refractivity contribution is 5.75. The van der Waals surface area contributed by atoms with E-state index >= 15 is 0 Å². The molecule has 23 heavy (non-hydrogen) atoms. The third-order valence-electron chi connectivity index (χ3n) is 4.44. The van der Waals surface area contributed by atoms with Crippen molar-refractivity contribution in [1.29, 1.82) is 0 Å². The Labute approximate surface area is 137 Å². The molecule has 4 unspecified atom stereocenters. The van der Waals surface area contributed by atoms with Crippen LogP contribution in [0.4, 0.5) is 4.79 Å². The molecule has 2 aliphatic rings. The molecule has 2 saturated heterocycles. The van der Waals surface area contributed by atoms with Crippen LogP contribution in [0.2, 0.25) is 0 Å². The van der Waals surface area contributed by atoms with Crippen LogP contribution in [0.1, 0.15) is 41.0 Å². The fourth-order valence-electron chi connectivity index (χ4n) is 3.27. The van der Waals surface area contributed by atoms with Crippen molar-refractivity contribution in [3.8, 4) is 0 Å². The Kier molecular flexibility index (Phi) is 4.65. The monoisotopic (exact) mass is 329 g/mol. The van der Waals surface area contributed by atoms with E-state index in [9.17, 15) is 9.59 Å². The summed E-state index contributed by atoms with van der Waals surface area (Å²) in [7, 11) is 2.65. The van der Waals surface area contributed by atoms with E-state index in [1.54, 1.807) is 0 Å². The van der Waals surface area contributed by atoms with Crippen molar-refractivity contribution in [3.05, 3.63) is 0 Å². The van der Waals surface area contributed by atoms with Crippen LogP contribution in [0.3, 0.4) is 0 Å². The van der Waals surface area contributed by atoms with Crippen LogP contribution in [0.5, 0.6) is 0 Å². The normalized spacial score (nSPS) is 33.1. The molecule has 0 aromatic rings. The van der Waals surface area contributed by atoms with Crippen LogP contribution in [-0.4, -0.2) is 55.8 Å². The average Bonchev–Trinajstić information content (AvgIpc) is 2.85. The number of rotatable bonds is 1. The Morgan fingerprint density at radius 3 is 2.22 bits per heavy atom. The smallest absolute Gasteiger partial charge is 0.413 e. The van der Waals surface area contributed by atoms with Gasteiger partial charge in [-0.05, 0) is 11.8 Å². The van der Waals surface area contributed by atoms with Gasteiger partial charge in [-0.15, -0.1) is 0 Å². The zero-order chi connectivity index (χ0) is 17.6. The highest BCUT2D eigenvalue weighted by Gasteiger charge is 2.59. The molecule has 7 heteroatoms. The number of methoxy groups -OCH3 is 2. The third kappa shape index (κ3) is 3.17. The fraction of sp³-hybridized carbons (Fsp3) is 0.875. The SMILES string of the molecule is COC(=O)C1CC(C)(C)C2OC(C(C)(C)C)N(C(=O)OC)C2O1. The van der Waals surface area contributed by atoms with E-state index in [0.29, 0.717) is 6.42 Å². The van der Waals surface area contributed by atoms with E-state index in [4.69, 9.17) is 18.9 Å². The fourth-order valence-corrected chi connectivity index (χ4v) is 3.27.